The van der Waals surface area contributed by atoms with E-state index < -0.39 is 0 Å². The van der Waals surface area contributed by atoms with E-state index >= 15 is 0 Å². The number of nitrogens with zero attached hydrogens (tertiary/aromatic N) is 5. The number of nitrogens with one attached hydrogen (secondary N) is 1. The van der Waals surface area contributed by atoms with Crippen LogP contribution in [0.2, 0.25) is 0 Å². The lowest BCUT2D eigenvalue weighted by Crippen LogP contribution is -2.40. The Bertz CT molecular complexity index is 1170. The summed E-state index contributed by atoms with van der Waals surface area (Å²) in [5, 5.41) is 8.07. The molecule has 0 radical (unpaired) electrons. The van der Waals surface area contributed by atoms with E-state index in [9.17, 15) is 14.0 Å². The van der Waals surface area contributed by atoms with Gasteiger partial charge < -0.3 is 9.88 Å². The first kappa shape index (κ1) is 20.8. The predicted molar refractivity (Wildman–Crippen MR) is 117 cm³/mol. The molecule has 3 heterocycles. The van der Waals surface area contributed by atoms with Gasteiger partial charge in [0, 0.05) is 25.4 Å². The number of fused-ring (bicyclic) bond motifs is 1. The Morgan fingerprint density at radius 1 is 1.12 bits per heavy atom. The van der Waals surface area contributed by atoms with Gasteiger partial charge in [0.15, 0.2) is 11.2 Å². The number of carbonyl (C=O) groups excluding carboxylic acids is 1. The molecule has 0 unspecified atom stereocenters. The van der Waals surface area contributed by atoms with Gasteiger partial charge in [0.2, 0.25) is 5.91 Å². The fourth-order valence-corrected chi connectivity index (χ4v) is 4.96. The SMILES string of the molecule is O=C(CC1CCCC1)N1CCC[C@@H](c2nc3c(nnn3Cc3ccc(F)cc3)c(=O)[nH]2)C1. The average molecular weight is 439 g/mol. The summed E-state index contributed by atoms with van der Waals surface area (Å²) in [6, 6.07) is 6.12. The van der Waals surface area contributed by atoms with Crippen LogP contribution in [0.15, 0.2) is 29.1 Å². The highest BCUT2D eigenvalue weighted by Gasteiger charge is 2.29. The van der Waals surface area contributed by atoms with Gasteiger partial charge in [0.05, 0.1) is 6.54 Å². The van der Waals surface area contributed by atoms with Crippen LogP contribution in [0.5, 0.6) is 0 Å². The van der Waals surface area contributed by atoms with Crippen LogP contribution in [0.4, 0.5) is 4.39 Å². The van der Waals surface area contributed by atoms with Crippen molar-refractivity contribution in [1.29, 1.82) is 0 Å². The number of benzene rings is 1. The van der Waals surface area contributed by atoms with Crippen LogP contribution in [0, 0.1) is 11.7 Å². The normalized spacial score (nSPS) is 19.7. The zero-order valence-corrected chi connectivity index (χ0v) is 18.0. The largest absolute Gasteiger partial charge is 0.342 e. The summed E-state index contributed by atoms with van der Waals surface area (Å²) in [6.07, 6.45) is 7.14. The van der Waals surface area contributed by atoms with Crippen molar-refractivity contribution in [2.24, 2.45) is 5.92 Å². The topological polar surface area (TPSA) is 96.8 Å². The molecule has 1 aliphatic carbocycles. The molecule has 5 rings (SSSR count). The number of amides is 1. The van der Waals surface area contributed by atoms with E-state index in [1.54, 1.807) is 16.8 Å². The first-order valence-corrected chi connectivity index (χ1v) is 11.4. The second kappa shape index (κ2) is 8.80. The molecule has 9 heteroatoms. The molecular formula is C23H27FN6O2. The summed E-state index contributed by atoms with van der Waals surface area (Å²) in [5.74, 6) is 0.974. The molecule has 2 aliphatic rings. The third kappa shape index (κ3) is 4.28. The fourth-order valence-electron chi connectivity index (χ4n) is 4.96. The molecule has 1 aromatic carbocycles. The van der Waals surface area contributed by atoms with Gasteiger partial charge >= 0.3 is 0 Å². The van der Waals surface area contributed by atoms with Crippen molar-refractivity contribution < 1.29 is 9.18 Å². The van der Waals surface area contributed by atoms with Crippen LogP contribution in [0.3, 0.4) is 0 Å². The maximum Gasteiger partial charge on any atom is 0.281 e. The number of hydrogen-bond acceptors (Lipinski definition) is 5. The molecule has 1 N–H and O–H groups in total. The van der Waals surface area contributed by atoms with Crippen molar-refractivity contribution in [3.8, 4) is 0 Å². The van der Waals surface area contributed by atoms with Crippen molar-refractivity contribution >= 4 is 17.1 Å². The van der Waals surface area contributed by atoms with Gasteiger partial charge in [-0.25, -0.2) is 14.1 Å². The lowest BCUT2D eigenvalue weighted by Gasteiger charge is -2.33. The maximum absolute atomic E-state index is 13.2. The maximum atomic E-state index is 13.2. The van der Waals surface area contributed by atoms with Gasteiger partial charge in [-0.15, -0.1) is 5.10 Å². The number of likely N-dealkylation sites (tertiary alicyclic amines) is 1. The van der Waals surface area contributed by atoms with E-state index in [2.05, 4.69) is 15.3 Å². The minimum absolute atomic E-state index is 0.0254. The molecule has 0 spiro atoms. The molecule has 2 fully saturated rings. The van der Waals surface area contributed by atoms with Crippen molar-refractivity contribution in [3.63, 3.8) is 0 Å². The van der Waals surface area contributed by atoms with Crippen LogP contribution in [-0.2, 0) is 11.3 Å². The number of piperidine rings is 1. The summed E-state index contributed by atoms with van der Waals surface area (Å²) in [5.41, 5.74) is 1.09. The molecule has 1 amide bonds. The highest BCUT2D eigenvalue weighted by molar-refractivity contribution is 5.76. The number of halogens is 1. The quantitative estimate of drug-likeness (QED) is 0.661. The van der Waals surface area contributed by atoms with Gasteiger partial charge in [-0.2, -0.15) is 0 Å². The van der Waals surface area contributed by atoms with E-state index in [-0.39, 0.29) is 28.7 Å². The van der Waals surface area contributed by atoms with Crippen LogP contribution in [-0.4, -0.2) is 48.9 Å². The third-order valence-electron chi connectivity index (χ3n) is 6.74. The van der Waals surface area contributed by atoms with E-state index in [0.29, 0.717) is 36.9 Å². The Kier molecular flexibility index (Phi) is 5.71. The van der Waals surface area contributed by atoms with Gasteiger partial charge in [-0.1, -0.05) is 30.2 Å². The Balaban J connectivity index is 1.36. The summed E-state index contributed by atoms with van der Waals surface area (Å²) >= 11 is 0. The number of aromatic nitrogens is 5. The molecule has 0 bridgehead atoms. The highest BCUT2D eigenvalue weighted by atomic mass is 19.1. The zero-order valence-electron chi connectivity index (χ0n) is 18.0. The van der Waals surface area contributed by atoms with Gasteiger partial charge in [0.25, 0.3) is 5.56 Å². The summed E-state index contributed by atoms with van der Waals surface area (Å²) in [4.78, 5) is 35.0. The molecule has 2 aromatic heterocycles. The van der Waals surface area contributed by atoms with Gasteiger partial charge in [-0.05, 0) is 49.3 Å². The first-order chi connectivity index (χ1) is 15.6. The number of aromatic amines is 1. The molecule has 1 saturated carbocycles. The predicted octanol–water partition coefficient (Wildman–Crippen LogP) is 2.99. The summed E-state index contributed by atoms with van der Waals surface area (Å²) in [6.45, 7) is 1.67. The Hall–Kier alpha value is -3.10. The zero-order chi connectivity index (χ0) is 22.1. The molecule has 3 aromatic rings. The van der Waals surface area contributed by atoms with Gasteiger partial charge in [0.1, 0.15) is 11.6 Å². The average Bonchev–Trinajstić information content (AvgIpc) is 3.46. The van der Waals surface area contributed by atoms with Crippen LogP contribution in [0.25, 0.3) is 11.2 Å². The fraction of sp³-hybridized carbons (Fsp3) is 0.522. The Labute approximate surface area is 184 Å². The monoisotopic (exact) mass is 438 g/mol. The smallest absolute Gasteiger partial charge is 0.281 e. The second-order valence-electron chi connectivity index (χ2n) is 9.03. The van der Waals surface area contributed by atoms with Crippen LogP contribution < -0.4 is 5.56 Å². The number of H-pyrrole nitrogens is 1. The van der Waals surface area contributed by atoms with Crippen LogP contribution >= 0.6 is 0 Å². The molecule has 1 atom stereocenters. The van der Waals surface area contributed by atoms with Crippen molar-refractivity contribution in [3.05, 3.63) is 51.8 Å². The first-order valence-electron chi connectivity index (χ1n) is 11.4. The van der Waals surface area contributed by atoms with E-state index in [1.165, 1.54) is 25.0 Å². The standard InChI is InChI=1S/C23H27FN6O2/c24-18-9-7-16(8-10-18)13-30-22-20(27-28-30)23(32)26-21(25-22)17-6-3-11-29(14-17)19(31)12-15-4-1-2-5-15/h7-10,15,17H,1-6,11-14H2,(H,25,26,32)/t17-/m1/s1. The Morgan fingerprint density at radius 3 is 2.69 bits per heavy atom. The summed E-state index contributed by atoms with van der Waals surface area (Å²) in [7, 11) is 0. The van der Waals surface area contributed by atoms with Crippen molar-refractivity contribution in [2.75, 3.05) is 13.1 Å². The van der Waals surface area contributed by atoms with Gasteiger partial charge in [-0.3, -0.25) is 9.59 Å². The van der Waals surface area contributed by atoms with Crippen molar-refractivity contribution in [2.45, 2.75) is 57.4 Å². The molecule has 32 heavy (non-hydrogen) atoms. The second-order valence-corrected chi connectivity index (χ2v) is 9.03. The number of carbonyl (C=O) groups is 1. The van der Waals surface area contributed by atoms with Crippen molar-refractivity contribution in [1.82, 2.24) is 29.9 Å². The van der Waals surface area contributed by atoms with E-state index in [0.717, 1.165) is 37.8 Å². The van der Waals surface area contributed by atoms with Crippen LogP contribution in [0.1, 0.15) is 62.3 Å². The lowest BCUT2D eigenvalue weighted by molar-refractivity contribution is -0.133. The van der Waals surface area contributed by atoms with E-state index in [1.807, 2.05) is 4.90 Å². The Morgan fingerprint density at radius 2 is 1.91 bits per heavy atom. The molecular weight excluding hydrogens is 411 g/mol. The minimum atomic E-state index is -0.329. The number of hydrogen-bond donors (Lipinski definition) is 1. The lowest BCUT2D eigenvalue weighted by atomic mass is 9.95. The molecule has 8 nitrogen and oxygen atoms in total. The third-order valence-corrected chi connectivity index (χ3v) is 6.74. The molecule has 1 aliphatic heterocycles. The molecule has 1 saturated heterocycles. The highest BCUT2D eigenvalue weighted by Crippen LogP contribution is 2.30. The number of rotatable bonds is 5. The van der Waals surface area contributed by atoms with E-state index in [4.69, 9.17) is 4.98 Å². The molecule has 168 valence electrons. The summed E-state index contributed by atoms with van der Waals surface area (Å²) < 4.78 is 14.8. The minimum Gasteiger partial charge on any atom is -0.342 e.